The molecule has 0 aliphatic heterocycles. The SMILES string of the molecule is COCCNCC1CC12CC(C)(C)CC(C)(C)C2. The highest BCUT2D eigenvalue weighted by Crippen LogP contribution is 2.68. The lowest BCUT2D eigenvalue weighted by molar-refractivity contribution is 0.0465. The Morgan fingerprint density at radius 2 is 1.67 bits per heavy atom. The first kappa shape index (κ1) is 14.3. The summed E-state index contributed by atoms with van der Waals surface area (Å²) < 4.78 is 5.08. The number of nitrogens with one attached hydrogen (secondary N) is 1. The van der Waals surface area contributed by atoms with E-state index in [0.29, 0.717) is 16.2 Å². The summed E-state index contributed by atoms with van der Waals surface area (Å²) in [6.07, 6.45) is 5.69. The van der Waals surface area contributed by atoms with Crippen molar-refractivity contribution in [2.45, 2.75) is 53.4 Å². The number of rotatable bonds is 5. The molecule has 2 fully saturated rings. The van der Waals surface area contributed by atoms with Crippen molar-refractivity contribution < 1.29 is 4.74 Å². The van der Waals surface area contributed by atoms with Crippen molar-refractivity contribution in [3.8, 4) is 0 Å². The van der Waals surface area contributed by atoms with E-state index in [0.717, 1.165) is 19.1 Å². The standard InChI is InChI=1S/C16H31NO/c1-14(2)10-15(3,4)12-16(11-14)8-13(16)9-17-6-7-18-5/h13,17H,6-12H2,1-5H3. The highest BCUT2D eigenvalue weighted by Gasteiger charge is 2.60. The van der Waals surface area contributed by atoms with Gasteiger partial charge in [-0.15, -0.1) is 0 Å². The second-order valence-corrected chi connectivity index (χ2v) is 8.32. The van der Waals surface area contributed by atoms with Crippen molar-refractivity contribution in [2.75, 3.05) is 26.8 Å². The van der Waals surface area contributed by atoms with E-state index in [1.54, 1.807) is 7.11 Å². The fourth-order valence-electron chi connectivity index (χ4n) is 4.99. The summed E-state index contributed by atoms with van der Waals surface area (Å²) in [7, 11) is 1.77. The maximum absolute atomic E-state index is 5.08. The lowest BCUT2D eigenvalue weighted by Crippen LogP contribution is -2.36. The first-order valence-corrected chi connectivity index (χ1v) is 7.48. The van der Waals surface area contributed by atoms with Gasteiger partial charge in [0.15, 0.2) is 0 Å². The molecule has 0 heterocycles. The van der Waals surface area contributed by atoms with Gasteiger partial charge in [0.05, 0.1) is 6.61 Å². The normalized spacial score (nSPS) is 31.5. The molecule has 2 heteroatoms. The summed E-state index contributed by atoms with van der Waals surface area (Å²) in [6.45, 7) is 12.9. The Bertz CT molecular complexity index is 279. The van der Waals surface area contributed by atoms with Crippen molar-refractivity contribution in [3.63, 3.8) is 0 Å². The smallest absolute Gasteiger partial charge is 0.0587 e. The van der Waals surface area contributed by atoms with Crippen molar-refractivity contribution in [3.05, 3.63) is 0 Å². The molecule has 106 valence electrons. The molecular formula is C16H31NO. The van der Waals surface area contributed by atoms with Gasteiger partial charge >= 0.3 is 0 Å². The van der Waals surface area contributed by atoms with Crippen molar-refractivity contribution in [1.82, 2.24) is 5.32 Å². The van der Waals surface area contributed by atoms with Gasteiger partial charge in [-0.2, -0.15) is 0 Å². The highest BCUT2D eigenvalue weighted by atomic mass is 16.5. The summed E-state index contributed by atoms with van der Waals surface area (Å²) in [5, 5.41) is 3.55. The first-order valence-electron chi connectivity index (χ1n) is 7.48. The molecule has 2 aliphatic carbocycles. The van der Waals surface area contributed by atoms with Gasteiger partial charge in [0.25, 0.3) is 0 Å². The minimum absolute atomic E-state index is 0.531. The molecule has 0 aromatic carbocycles. The van der Waals surface area contributed by atoms with Gasteiger partial charge in [-0.25, -0.2) is 0 Å². The van der Waals surface area contributed by atoms with Gasteiger partial charge in [-0.3, -0.25) is 0 Å². The molecule has 0 aromatic heterocycles. The third kappa shape index (κ3) is 3.27. The van der Waals surface area contributed by atoms with Crippen LogP contribution in [0.4, 0.5) is 0 Å². The topological polar surface area (TPSA) is 21.3 Å². The van der Waals surface area contributed by atoms with E-state index in [4.69, 9.17) is 4.74 Å². The number of ether oxygens (including phenoxy) is 1. The van der Waals surface area contributed by atoms with Gasteiger partial charge in [0, 0.05) is 13.7 Å². The number of hydrogen-bond acceptors (Lipinski definition) is 2. The number of methoxy groups -OCH3 is 1. The summed E-state index contributed by atoms with van der Waals surface area (Å²) in [4.78, 5) is 0. The van der Waals surface area contributed by atoms with Crippen LogP contribution in [0.3, 0.4) is 0 Å². The molecule has 2 rings (SSSR count). The molecule has 1 N–H and O–H groups in total. The molecule has 18 heavy (non-hydrogen) atoms. The Morgan fingerprint density at radius 1 is 1.06 bits per heavy atom. The maximum atomic E-state index is 5.08. The monoisotopic (exact) mass is 253 g/mol. The van der Waals surface area contributed by atoms with Crippen molar-refractivity contribution >= 4 is 0 Å². The number of hydrogen-bond donors (Lipinski definition) is 1. The minimum atomic E-state index is 0.531. The van der Waals surface area contributed by atoms with Gasteiger partial charge < -0.3 is 10.1 Å². The Morgan fingerprint density at radius 3 is 2.22 bits per heavy atom. The average molecular weight is 253 g/mol. The molecule has 2 aliphatic rings. The second-order valence-electron chi connectivity index (χ2n) is 8.32. The van der Waals surface area contributed by atoms with Crippen molar-refractivity contribution in [1.29, 1.82) is 0 Å². The van der Waals surface area contributed by atoms with Gasteiger partial charge in [0.1, 0.15) is 0 Å². The summed E-state index contributed by atoms with van der Waals surface area (Å²) in [5.41, 5.74) is 1.72. The molecule has 1 unspecified atom stereocenters. The van der Waals surface area contributed by atoms with E-state index >= 15 is 0 Å². The van der Waals surface area contributed by atoms with Gasteiger partial charge in [0.2, 0.25) is 0 Å². The Kier molecular flexibility index (Phi) is 3.81. The van der Waals surface area contributed by atoms with Crippen LogP contribution in [0.15, 0.2) is 0 Å². The Balaban J connectivity index is 1.86. The lowest BCUT2D eigenvalue weighted by Gasteiger charge is -2.46. The molecule has 1 atom stereocenters. The average Bonchev–Trinajstić information content (AvgIpc) is 2.79. The molecule has 0 bridgehead atoms. The fraction of sp³-hybridized carbons (Fsp3) is 1.00. The predicted octanol–water partition coefficient (Wildman–Crippen LogP) is 3.47. The quantitative estimate of drug-likeness (QED) is 0.758. The van der Waals surface area contributed by atoms with E-state index in [1.165, 1.54) is 32.2 Å². The highest BCUT2D eigenvalue weighted by molar-refractivity contribution is 5.10. The Labute approximate surface area is 113 Å². The van der Waals surface area contributed by atoms with Crippen LogP contribution < -0.4 is 5.32 Å². The zero-order valence-corrected chi connectivity index (χ0v) is 12.9. The molecule has 0 saturated heterocycles. The van der Waals surface area contributed by atoms with Gasteiger partial charge in [-0.05, 0) is 54.4 Å². The molecule has 2 saturated carbocycles. The maximum Gasteiger partial charge on any atom is 0.0587 e. The van der Waals surface area contributed by atoms with Crippen LogP contribution >= 0.6 is 0 Å². The van der Waals surface area contributed by atoms with Crippen LogP contribution in [0.2, 0.25) is 0 Å². The van der Waals surface area contributed by atoms with Crippen LogP contribution in [0, 0.1) is 22.2 Å². The van der Waals surface area contributed by atoms with Gasteiger partial charge in [-0.1, -0.05) is 27.7 Å². The molecule has 2 nitrogen and oxygen atoms in total. The summed E-state index contributed by atoms with van der Waals surface area (Å²) in [5.74, 6) is 0.910. The molecule has 0 aromatic rings. The van der Waals surface area contributed by atoms with E-state index in [2.05, 4.69) is 33.0 Å². The van der Waals surface area contributed by atoms with Crippen LogP contribution in [0.5, 0.6) is 0 Å². The Hall–Kier alpha value is -0.0800. The van der Waals surface area contributed by atoms with E-state index in [9.17, 15) is 0 Å². The van der Waals surface area contributed by atoms with Crippen LogP contribution in [0.1, 0.15) is 53.4 Å². The summed E-state index contributed by atoms with van der Waals surface area (Å²) in [6, 6.07) is 0. The molecular weight excluding hydrogens is 222 g/mol. The fourth-order valence-corrected chi connectivity index (χ4v) is 4.99. The molecule has 0 amide bonds. The summed E-state index contributed by atoms with van der Waals surface area (Å²) >= 11 is 0. The zero-order chi connectivity index (χ0) is 13.4. The van der Waals surface area contributed by atoms with Crippen LogP contribution in [0.25, 0.3) is 0 Å². The molecule has 0 radical (unpaired) electrons. The minimum Gasteiger partial charge on any atom is -0.383 e. The lowest BCUT2D eigenvalue weighted by atomic mass is 9.59. The van der Waals surface area contributed by atoms with E-state index < -0.39 is 0 Å². The second kappa shape index (κ2) is 4.79. The van der Waals surface area contributed by atoms with E-state index in [1.807, 2.05) is 0 Å². The van der Waals surface area contributed by atoms with E-state index in [-0.39, 0.29) is 0 Å². The first-order chi connectivity index (χ1) is 8.29. The van der Waals surface area contributed by atoms with Crippen LogP contribution in [-0.4, -0.2) is 26.8 Å². The third-order valence-electron chi connectivity index (χ3n) is 4.85. The largest absolute Gasteiger partial charge is 0.383 e. The predicted molar refractivity (Wildman–Crippen MR) is 76.7 cm³/mol. The van der Waals surface area contributed by atoms with Crippen LogP contribution in [-0.2, 0) is 4.74 Å². The zero-order valence-electron chi connectivity index (χ0n) is 12.9. The molecule has 1 spiro atoms. The van der Waals surface area contributed by atoms with Crippen molar-refractivity contribution in [2.24, 2.45) is 22.2 Å². The third-order valence-corrected chi connectivity index (χ3v) is 4.85.